The van der Waals surface area contributed by atoms with E-state index in [0.29, 0.717) is 13.2 Å². The SMILES string of the molecule is CNC1COc2cc(OCc3ccc(CO)cc3)ccc21. The lowest BCUT2D eigenvalue weighted by Crippen LogP contribution is -2.17. The van der Waals surface area contributed by atoms with Gasteiger partial charge < -0.3 is 19.9 Å². The maximum atomic E-state index is 9.02. The Hall–Kier alpha value is -2.04. The Balaban J connectivity index is 1.65. The number of aliphatic hydroxyl groups is 1. The molecule has 0 aliphatic carbocycles. The van der Waals surface area contributed by atoms with E-state index in [-0.39, 0.29) is 12.6 Å². The van der Waals surface area contributed by atoms with E-state index in [9.17, 15) is 0 Å². The van der Waals surface area contributed by atoms with Gasteiger partial charge in [-0.15, -0.1) is 0 Å². The van der Waals surface area contributed by atoms with Crippen molar-refractivity contribution >= 4 is 0 Å². The molecular weight excluding hydrogens is 266 g/mol. The fourth-order valence-electron chi connectivity index (χ4n) is 2.43. The van der Waals surface area contributed by atoms with Crippen LogP contribution in [0.1, 0.15) is 22.7 Å². The van der Waals surface area contributed by atoms with E-state index >= 15 is 0 Å². The largest absolute Gasteiger partial charge is 0.491 e. The van der Waals surface area contributed by atoms with Crippen molar-refractivity contribution in [3.05, 3.63) is 59.2 Å². The summed E-state index contributed by atoms with van der Waals surface area (Å²) in [5.41, 5.74) is 3.15. The van der Waals surface area contributed by atoms with Crippen LogP contribution in [0.5, 0.6) is 11.5 Å². The highest BCUT2D eigenvalue weighted by atomic mass is 16.5. The summed E-state index contributed by atoms with van der Waals surface area (Å²) in [5, 5.41) is 12.2. The highest BCUT2D eigenvalue weighted by Crippen LogP contribution is 2.35. The minimum atomic E-state index is 0.0654. The quantitative estimate of drug-likeness (QED) is 0.886. The number of hydrogen-bond donors (Lipinski definition) is 2. The van der Waals surface area contributed by atoms with Crippen LogP contribution in [-0.2, 0) is 13.2 Å². The van der Waals surface area contributed by atoms with Crippen molar-refractivity contribution < 1.29 is 14.6 Å². The number of aliphatic hydroxyl groups excluding tert-OH is 1. The van der Waals surface area contributed by atoms with Crippen molar-refractivity contribution in [1.29, 1.82) is 0 Å². The third-order valence-corrected chi connectivity index (χ3v) is 3.73. The molecule has 3 rings (SSSR count). The van der Waals surface area contributed by atoms with E-state index < -0.39 is 0 Å². The molecule has 21 heavy (non-hydrogen) atoms. The van der Waals surface area contributed by atoms with E-state index in [4.69, 9.17) is 14.6 Å². The van der Waals surface area contributed by atoms with Crippen molar-refractivity contribution in [2.75, 3.05) is 13.7 Å². The van der Waals surface area contributed by atoms with Gasteiger partial charge in [-0.3, -0.25) is 0 Å². The standard InChI is InChI=1S/C17H19NO3/c1-18-16-11-21-17-8-14(6-7-15(16)17)20-10-13-4-2-12(9-19)3-5-13/h2-8,16,18-19H,9-11H2,1H3. The minimum Gasteiger partial charge on any atom is -0.491 e. The lowest BCUT2D eigenvalue weighted by atomic mass is 10.1. The molecule has 1 unspecified atom stereocenters. The average molecular weight is 285 g/mol. The van der Waals surface area contributed by atoms with Crippen LogP contribution < -0.4 is 14.8 Å². The summed E-state index contributed by atoms with van der Waals surface area (Å²) in [5.74, 6) is 1.69. The molecule has 110 valence electrons. The summed E-state index contributed by atoms with van der Waals surface area (Å²) in [6, 6.07) is 14.0. The van der Waals surface area contributed by atoms with Crippen LogP contribution in [0.3, 0.4) is 0 Å². The highest BCUT2D eigenvalue weighted by molar-refractivity contribution is 5.45. The van der Waals surface area contributed by atoms with E-state index in [1.165, 1.54) is 5.56 Å². The van der Waals surface area contributed by atoms with Gasteiger partial charge in [0.05, 0.1) is 12.6 Å². The molecule has 0 aromatic heterocycles. The summed E-state index contributed by atoms with van der Waals surface area (Å²) in [6.07, 6.45) is 0. The van der Waals surface area contributed by atoms with Gasteiger partial charge in [0.2, 0.25) is 0 Å². The molecule has 4 heteroatoms. The van der Waals surface area contributed by atoms with Crippen LogP contribution in [0.15, 0.2) is 42.5 Å². The Morgan fingerprint density at radius 2 is 1.95 bits per heavy atom. The second kappa shape index (κ2) is 6.16. The fraction of sp³-hybridized carbons (Fsp3) is 0.294. The van der Waals surface area contributed by atoms with Crippen LogP contribution in [0, 0.1) is 0 Å². The van der Waals surface area contributed by atoms with Crippen molar-refractivity contribution in [3.63, 3.8) is 0 Å². The summed E-state index contributed by atoms with van der Waals surface area (Å²) in [6.45, 7) is 1.23. The minimum absolute atomic E-state index is 0.0654. The number of ether oxygens (including phenoxy) is 2. The van der Waals surface area contributed by atoms with Gasteiger partial charge in [0.25, 0.3) is 0 Å². The predicted molar refractivity (Wildman–Crippen MR) is 80.4 cm³/mol. The van der Waals surface area contributed by atoms with Gasteiger partial charge in [0, 0.05) is 11.6 Å². The molecule has 0 amide bonds. The van der Waals surface area contributed by atoms with Gasteiger partial charge >= 0.3 is 0 Å². The molecule has 4 nitrogen and oxygen atoms in total. The molecule has 2 aromatic carbocycles. The number of fused-ring (bicyclic) bond motifs is 1. The smallest absolute Gasteiger partial charge is 0.127 e. The first-order chi connectivity index (χ1) is 10.3. The lowest BCUT2D eigenvalue weighted by Gasteiger charge is -2.09. The first-order valence-electron chi connectivity index (χ1n) is 7.05. The number of benzene rings is 2. The highest BCUT2D eigenvalue weighted by Gasteiger charge is 2.22. The first-order valence-corrected chi connectivity index (χ1v) is 7.05. The molecule has 0 saturated heterocycles. The Kier molecular flexibility index (Phi) is 4.08. The fourth-order valence-corrected chi connectivity index (χ4v) is 2.43. The molecule has 0 radical (unpaired) electrons. The molecule has 0 spiro atoms. The van der Waals surface area contributed by atoms with Crippen LogP contribution in [0.25, 0.3) is 0 Å². The number of nitrogens with one attached hydrogen (secondary N) is 1. The summed E-state index contributed by atoms with van der Waals surface area (Å²) >= 11 is 0. The van der Waals surface area contributed by atoms with Crippen LogP contribution >= 0.6 is 0 Å². The van der Waals surface area contributed by atoms with Gasteiger partial charge in [-0.25, -0.2) is 0 Å². The van der Waals surface area contributed by atoms with Crippen LogP contribution in [0.2, 0.25) is 0 Å². The van der Waals surface area contributed by atoms with Gasteiger partial charge in [-0.1, -0.05) is 24.3 Å². The molecular formula is C17H19NO3. The normalized spacial score (nSPS) is 16.4. The van der Waals surface area contributed by atoms with Crippen LogP contribution in [0.4, 0.5) is 0 Å². The zero-order valence-electron chi connectivity index (χ0n) is 12.0. The molecule has 2 N–H and O–H groups in total. The van der Waals surface area contributed by atoms with Crippen molar-refractivity contribution in [2.24, 2.45) is 0 Å². The van der Waals surface area contributed by atoms with Gasteiger partial charge in [-0.05, 0) is 30.3 Å². The summed E-state index contributed by atoms with van der Waals surface area (Å²) in [7, 11) is 1.93. The molecule has 0 bridgehead atoms. The topological polar surface area (TPSA) is 50.7 Å². The van der Waals surface area contributed by atoms with Crippen molar-refractivity contribution in [3.8, 4) is 11.5 Å². The Labute approximate surface area is 124 Å². The van der Waals surface area contributed by atoms with Gasteiger partial charge in [0.1, 0.15) is 24.7 Å². The van der Waals surface area contributed by atoms with Crippen LogP contribution in [-0.4, -0.2) is 18.8 Å². The van der Waals surface area contributed by atoms with Gasteiger partial charge in [-0.2, -0.15) is 0 Å². The zero-order chi connectivity index (χ0) is 14.7. The Morgan fingerprint density at radius 3 is 2.67 bits per heavy atom. The van der Waals surface area contributed by atoms with E-state index in [1.807, 2.05) is 49.5 Å². The molecule has 1 aliphatic rings. The van der Waals surface area contributed by atoms with Gasteiger partial charge in [0.15, 0.2) is 0 Å². The first kappa shape index (κ1) is 13.9. The summed E-state index contributed by atoms with van der Waals surface area (Å²) < 4.78 is 11.5. The maximum absolute atomic E-state index is 9.02. The second-order valence-corrected chi connectivity index (χ2v) is 5.12. The average Bonchev–Trinajstić information content (AvgIpc) is 2.95. The predicted octanol–water partition coefficient (Wildman–Crippen LogP) is 2.41. The monoisotopic (exact) mass is 285 g/mol. The third-order valence-electron chi connectivity index (χ3n) is 3.73. The Bertz CT molecular complexity index is 610. The van der Waals surface area contributed by atoms with E-state index in [0.717, 1.165) is 22.6 Å². The lowest BCUT2D eigenvalue weighted by molar-refractivity contribution is 0.281. The summed E-state index contributed by atoms with van der Waals surface area (Å²) in [4.78, 5) is 0. The molecule has 1 aliphatic heterocycles. The number of likely N-dealkylation sites (N-methyl/N-ethyl adjacent to an activating group) is 1. The molecule has 1 heterocycles. The van der Waals surface area contributed by atoms with E-state index in [2.05, 4.69) is 5.32 Å². The molecule has 2 aromatic rings. The molecule has 1 atom stereocenters. The zero-order valence-corrected chi connectivity index (χ0v) is 12.0. The van der Waals surface area contributed by atoms with Crippen molar-refractivity contribution in [2.45, 2.75) is 19.3 Å². The second-order valence-electron chi connectivity index (χ2n) is 5.12. The van der Waals surface area contributed by atoms with E-state index in [1.54, 1.807) is 0 Å². The number of hydrogen-bond acceptors (Lipinski definition) is 4. The maximum Gasteiger partial charge on any atom is 0.127 e. The third kappa shape index (κ3) is 3.01. The van der Waals surface area contributed by atoms with Crippen molar-refractivity contribution in [1.82, 2.24) is 5.32 Å². The molecule has 0 saturated carbocycles. The molecule has 0 fully saturated rings. The Morgan fingerprint density at radius 1 is 1.19 bits per heavy atom. The number of rotatable bonds is 5.